The Labute approximate surface area is 181 Å². The van der Waals surface area contributed by atoms with Gasteiger partial charge in [-0.15, -0.1) is 0 Å². The molecule has 32 heavy (non-hydrogen) atoms. The molecule has 0 saturated carbocycles. The van der Waals surface area contributed by atoms with Crippen LogP contribution in [0.3, 0.4) is 0 Å². The van der Waals surface area contributed by atoms with Gasteiger partial charge in [-0.2, -0.15) is 18.4 Å². The first-order valence-electron chi connectivity index (χ1n) is 9.45. The quantitative estimate of drug-likeness (QED) is 0.335. The lowest BCUT2D eigenvalue weighted by Crippen LogP contribution is -2.07. The van der Waals surface area contributed by atoms with E-state index in [1.54, 1.807) is 12.1 Å². The average molecular weight is 440 g/mol. The number of aromatic hydroxyl groups is 1. The molecule has 1 aromatic heterocycles. The van der Waals surface area contributed by atoms with Gasteiger partial charge >= 0.3 is 6.18 Å². The highest BCUT2D eigenvalue weighted by Crippen LogP contribution is 2.33. The topological polar surface area (TPSA) is 66.1 Å². The lowest BCUT2D eigenvalue weighted by Gasteiger charge is -2.10. The Hall–Kier alpha value is -4.04. The summed E-state index contributed by atoms with van der Waals surface area (Å²) >= 11 is 0. The normalized spacial score (nSPS) is 10.7. The van der Waals surface area contributed by atoms with E-state index in [9.17, 15) is 22.7 Å². The van der Waals surface area contributed by atoms with Gasteiger partial charge in [0.1, 0.15) is 17.3 Å². The molecule has 8 heteroatoms. The number of benzene rings is 2. The molecule has 0 amide bonds. The van der Waals surface area contributed by atoms with Crippen molar-refractivity contribution < 1.29 is 27.4 Å². The maximum atomic E-state index is 13.2. The molecule has 0 fully saturated rings. The minimum absolute atomic E-state index is 0.241. The largest absolute Gasteiger partial charge is 0.508 e. The Morgan fingerprint density at radius 2 is 1.75 bits per heavy atom. The summed E-state index contributed by atoms with van der Waals surface area (Å²) < 4.78 is 58.3. The van der Waals surface area contributed by atoms with E-state index in [1.807, 2.05) is 6.07 Å². The highest BCUT2D eigenvalue weighted by atomic mass is 19.4. The second-order valence-corrected chi connectivity index (χ2v) is 6.75. The predicted octanol–water partition coefficient (Wildman–Crippen LogP) is 5.23. The molecular formula is C24H16F4N2O2. The molecule has 3 rings (SSSR count). The number of aromatic nitrogens is 1. The van der Waals surface area contributed by atoms with Crippen molar-refractivity contribution in [3.8, 4) is 29.4 Å². The predicted molar refractivity (Wildman–Crippen MR) is 108 cm³/mol. The number of phenolic OH excluding ortho intramolecular Hbond substituents is 1. The standard InChI is InChI=1S/C24H16F4N2O2/c25-20-11-22(15-30-14-20)32-9-1-2-19-10-16(13-29)3-4-17(19)5-6-18-7-8-21(31)12-23(18)24(26,27)28/h3-4,7-8,10-12,14-15,31H,1-2,9H2. The Morgan fingerprint density at radius 3 is 2.47 bits per heavy atom. The summed E-state index contributed by atoms with van der Waals surface area (Å²) in [5.41, 5.74) is 0.230. The van der Waals surface area contributed by atoms with Gasteiger partial charge < -0.3 is 9.84 Å². The van der Waals surface area contributed by atoms with Crippen LogP contribution in [-0.4, -0.2) is 16.7 Å². The summed E-state index contributed by atoms with van der Waals surface area (Å²) in [7, 11) is 0. The molecule has 2 aromatic carbocycles. The third-order valence-electron chi connectivity index (χ3n) is 4.41. The van der Waals surface area contributed by atoms with Crippen molar-refractivity contribution in [2.24, 2.45) is 0 Å². The van der Waals surface area contributed by atoms with E-state index in [0.717, 1.165) is 18.3 Å². The minimum Gasteiger partial charge on any atom is -0.508 e. The Kier molecular flexibility index (Phi) is 6.97. The van der Waals surface area contributed by atoms with Gasteiger partial charge in [0.2, 0.25) is 0 Å². The van der Waals surface area contributed by atoms with E-state index in [2.05, 4.69) is 16.8 Å². The van der Waals surface area contributed by atoms with Crippen LogP contribution in [0.4, 0.5) is 17.6 Å². The van der Waals surface area contributed by atoms with Crippen LogP contribution in [0.1, 0.15) is 34.2 Å². The fourth-order valence-corrected chi connectivity index (χ4v) is 2.93. The van der Waals surface area contributed by atoms with Crippen molar-refractivity contribution >= 4 is 0 Å². The number of nitriles is 1. The lowest BCUT2D eigenvalue weighted by atomic mass is 9.99. The highest BCUT2D eigenvalue weighted by Gasteiger charge is 2.33. The maximum absolute atomic E-state index is 13.2. The molecule has 0 bridgehead atoms. The van der Waals surface area contributed by atoms with E-state index < -0.39 is 23.3 Å². The molecular weight excluding hydrogens is 424 g/mol. The van der Waals surface area contributed by atoms with Crippen molar-refractivity contribution in [3.05, 3.63) is 88.5 Å². The number of aryl methyl sites for hydroxylation is 1. The summed E-state index contributed by atoms with van der Waals surface area (Å²) in [5, 5.41) is 18.5. The molecule has 0 aliphatic rings. The second kappa shape index (κ2) is 9.84. The Balaban J connectivity index is 1.80. The van der Waals surface area contributed by atoms with Crippen molar-refractivity contribution in [2.75, 3.05) is 6.61 Å². The zero-order valence-electron chi connectivity index (χ0n) is 16.6. The van der Waals surface area contributed by atoms with Crippen LogP contribution < -0.4 is 4.74 Å². The van der Waals surface area contributed by atoms with E-state index in [4.69, 9.17) is 10.00 Å². The fraction of sp³-hybridized carbons (Fsp3) is 0.167. The number of rotatable bonds is 5. The molecule has 0 aliphatic heterocycles. The summed E-state index contributed by atoms with van der Waals surface area (Å²) in [6.45, 7) is 0.241. The molecule has 1 heterocycles. The summed E-state index contributed by atoms with van der Waals surface area (Å²) in [6, 6.07) is 10.8. The van der Waals surface area contributed by atoms with Crippen LogP contribution in [0.15, 0.2) is 54.9 Å². The molecule has 1 N–H and O–H groups in total. The van der Waals surface area contributed by atoms with Crippen LogP contribution in [0.2, 0.25) is 0 Å². The Morgan fingerprint density at radius 1 is 1.00 bits per heavy atom. The molecule has 0 saturated heterocycles. The fourth-order valence-electron chi connectivity index (χ4n) is 2.93. The first-order chi connectivity index (χ1) is 15.3. The zero-order valence-corrected chi connectivity index (χ0v) is 16.6. The highest BCUT2D eigenvalue weighted by molar-refractivity contribution is 5.53. The third-order valence-corrected chi connectivity index (χ3v) is 4.41. The van der Waals surface area contributed by atoms with Gasteiger partial charge in [-0.25, -0.2) is 4.39 Å². The molecule has 4 nitrogen and oxygen atoms in total. The van der Waals surface area contributed by atoms with Crippen molar-refractivity contribution in [3.63, 3.8) is 0 Å². The summed E-state index contributed by atoms with van der Waals surface area (Å²) in [5.74, 6) is 4.51. The van der Waals surface area contributed by atoms with Gasteiger partial charge in [0.25, 0.3) is 0 Å². The molecule has 0 radical (unpaired) electrons. The summed E-state index contributed by atoms with van der Waals surface area (Å²) in [6.07, 6.45) is -1.30. The maximum Gasteiger partial charge on any atom is 0.417 e. The number of ether oxygens (including phenoxy) is 1. The molecule has 0 unspecified atom stereocenters. The van der Waals surface area contributed by atoms with E-state index >= 15 is 0 Å². The van der Waals surface area contributed by atoms with Crippen LogP contribution in [0, 0.1) is 29.0 Å². The zero-order chi connectivity index (χ0) is 23.1. The van der Waals surface area contributed by atoms with Crippen molar-refractivity contribution in [1.29, 1.82) is 5.26 Å². The number of alkyl halides is 3. The monoisotopic (exact) mass is 440 g/mol. The van der Waals surface area contributed by atoms with Gasteiger partial charge in [0, 0.05) is 17.2 Å². The van der Waals surface area contributed by atoms with Gasteiger partial charge in [0.05, 0.1) is 36.2 Å². The van der Waals surface area contributed by atoms with Crippen LogP contribution in [0.25, 0.3) is 0 Å². The second-order valence-electron chi connectivity index (χ2n) is 6.75. The number of nitrogens with zero attached hydrogens (tertiary/aromatic N) is 2. The van der Waals surface area contributed by atoms with Gasteiger partial charge in [-0.3, -0.25) is 4.98 Å². The molecule has 162 valence electrons. The average Bonchev–Trinajstić information content (AvgIpc) is 2.75. The third kappa shape index (κ3) is 5.99. The summed E-state index contributed by atoms with van der Waals surface area (Å²) in [4.78, 5) is 3.69. The smallest absolute Gasteiger partial charge is 0.417 e. The van der Waals surface area contributed by atoms with Crippen molar-refractivity contribution in [1.82, 2.24) is 4.98 Å². The van der Waals surface area contributed by atoms with Gasteiger partial charge in [-0.1, -0.05) is 11.8 Å². The SMILES string of the molecule is N#Cc1ccc(C#Cc2ccc(O)cc2C(F)(F)F)c(CCCOc2cncc(F)c2)c1. The first-order valence-corrected chi connectivity index (χ1v) is 9.45. The first kappa shape index (κ1) is 22.6. The lowest BCUT2D eigenvalue weighted by molar-refractivity contribution is -0.137. The number of hydrogen-bond acceptors (Lipinski definition) is 4. The number of phenols is 1. The van der Waals surface area contributed by atoms with Crippen molar-refractivity contribution in [2.45, 2.75) is 19.0 Å². The number of hydrogen-bond donors (Lipinski definition) is 1. The molecule has 0 aliphatic carbocycles. The van der Waals surface area contributed by atoms with E-state index in [-0.39, 0.29) is 17.9 Å². The molecule has 0 spiro atoms. The van der Waals surface area contributed by atoms with Crippen LogP contribution in [-0.2, 0) is 12.6 Å². The molecule has 3 aromatic rings. The number of pyridine rings is 1. The van der Waals surface area contributed by atoms with Crippen LogP contribution >= 0.6 is 0 Å². The van der Waals surface area contributed by atoms with E-state index in [0.29, 0.717) is 35.6 Å². The van der Waals surface area contributed by atoms with Gasteiger partial charge in [-0.05, 0) is 54.8 Å². The van der Waals surface area contributed by atoms with E-state index in [1.165, 1.54) is 18.3 Å². The minimum atomic E-state index is -4.67. The molecule has 0 atom stereocenters. The van der Waals surface area contributed by atoms with Crippen LogP contribution in [0.5, 0.6) is 11.5 Å². The Bertz CT molecular complexity index is 1220. The van der Waals surface area contributed by atoms with Gasteiger partial charge in [0.15, 0.2) is 0 Å². The number of halogens is 4.